The molecule has 1 unspecified atom stereocenters. The highest BCUT2D eigenvalue weighted by Crippen LogP contribution is 2.40. The average molecular weight is 301 g/mol. The van der Waals surface area contributed by atoms with Gasteiger partial charge < -0.3 is 15.7 Å². The van der Waals surface area contributed by atoms with E-state index in [4.69, 9.17) is 5.73 Å². The van der Waals surface area contributed by atoms with Gasteiger partial charge in [0.15, 0.2) is 5.00 Å². The maximum Gasteiger partial charge on any atom is 0.304 e. The third-order valence-corrected chi connectivity index (χ3v) is 4.09. The molecule has 112 valence electrons. The SMILES string of the molecule is CCCCN(CC(N)=O)c1sc(C(C)O)cc1[N+](=O)[O-]. The van der Waals surface area contributed by atoms with Gasteiger partial charge in [-0.05, 0) is 13.3 Å². The second-order valence-corrected chi connectivity index (χ2v) is 5.58. The molecule has 1 atom stereocenters. The minimum Gasteiger partial charge on any atom is -0.388 e. The van der Waals surface area contributed by atoms with Gasteiger partial charge in [0, 0.05) is 17.5 Å². The van der Waals surface area contributed by atoms with Crippen LogP contribution in [0.3, 0.4) is 0 Å². The van der Waals surface area contributed by atoms with Crippen LogP contribution in [0.5, 0.6) is 0 Å². The highest BCUT2D eigenvalue weighted by atomic mass is 32.1. The number of hydrogen-bond acceptors (Lipinski definition) is 6. The summed E-state index contributed by atoms with van der Waals surface area (Å²) in [4.78, 5) is 23.9. The van der Waals surface area contributed by atoms with Gasteiger partial charge >= 0.3 is 5.69 Å². The topological polar surface area (TPSA) is 110 Å². The molecule has 1 amide bonds. The fourth-order valence-electron chi connectivity index (χ4n) is 1.74. The zero-order valence-corrected chi connectivity index (χ0v) is 12.4. The molecule has 1 aromatic rings. The number of anilines is 1. The molecule has 1 heterocycles. The standard InChI is InChI=1S/C12H19N3O4S/c1-3-4-5-14(7-11(13)17)12-9(15(18)19)6-10(20-12)8(2)16/h6,8,16H,3-5,7H2,1-2H3,(H2,13,17). The van der Waals surface area contributed by atoms with Crippen LogP contribution >= 0.6 is 11.3 Å². The van der Waals surface area contributed by atoms with Gasteiger partial charge in [0.05, 0.1) is 17.6 Å². The summed E-state index contributed by atoms with van der Waals surface area (Å²) in [6.45, 7) is 3.98. The fraction of sp³-hybridized carbons (Fsp3) is 0.583. The van der Waals surface area contributed by atoms with Crippen LogP contribution in [0.25, 0.3) is 0 Å². The number of aliphatic hydroxyl groups excluding tert-OH is 1. The molecule has 0 aromatic carbocycles. The van der Waals surface area contributed by atoms with E-state index in [0.717, 1.165) is 24.2 Å². The lowest BCUT2D eigenvalue weighted by Gasteiger charge is -2.20. The van der Waals surface area contributed by atoms with Crippen molar-refractivity contribution in [1.29, 1.82) is 0 Å². The summed E-state index contributed by atoms with van der Waals surface area (Å²) in [6.07, 6.45) is 0.915. The number of carbonyl (C=O) groups excluding carboxylic acids is 1. The molecular formula is C12H19N3O4S. The Kier molecular flexibility index (Phi) is 5.90. The molecule has 0 fully saturated rings. The molecule has 7 nitrogen and oxygen atoms in total. The van der Waals surface area contributed by atoms with Gasteiger partial charge in [0.25, 0.3) is 0 Å². The van der Waals surface area contributed by atoms with E-state index >= 15 is 0 Å². The van der Waals surface area contributed by atoms with Gasteiger partial charge in [-0.3, -0.25) is 14.9 Å². The smallest absolute Gasteiger partial charge is 0.304 e. The van der Waals surface area contributed by atoms with E-state index in [1.165, 1.54) is 6.07 Å². The van der Waals surface area contributed by atoms with Crippen molar-refractivity contribution in [3.8, 4) is 0 Å². The van der Waals surface area contributed by atoms with Crippen LogP contribution in [0.2, 0.25) is 0 Å². The third-order valence-electron chi connectivity index (χ3n) is 2.74. The van der Waals surface area contributed by atoms with Crippen LogP contribution in [-0.4, -0.2) is 29.0 Å². The zero-order valence-electron chi connectivity index (χ0n) is 11.5. The lowest BCUT2D eigenvalue weighted by atomic mass is 10.3. The van der Waals surface area contributed by atoms with E-state index < -0.39 is 16.9 Å². The average Bonchev–Trinajstić information content (AvgIpc) is 2.79. The number of carbonyl (C=O) groups is 1. The van der Waals surface area contributed by atoms with Gasteiger partial charge in [0.1, 0.15) is 0 Å². The summed E-state index contributed by atoms with van der Waals surface area (Å²) < 4.78 is 0. The molecule has 0 saturated carbocycles. The van der Waals surface area contributed by atoms with Gasteiger partial charge in [-0.2, -0.15) is 0 Å². The summed E-state index contributed by atoms with van der Waals surface area (Å²) in [6, 6.07) is 1.35. The summed E-state index contributed by atoms with van der Waals surface area (Å²) in [5, 5.41) is 21.0. The first kappa shape index (κ1) is 16.4. The van der Waals surface area contributed by atoms with Crippen molar-refractivity contribution in [2.24, 2.45) is 5.73 Å². The van der Waals surface area contributed by atoms with E-state index in [-0.39, 0.29) is 12.2 Å². The molecule has 3 N–H and O–H groups in total. The predicted molar refractivity (Wildman–Crippen MR) is 77.9 cm³/mol. The molecule has 1 rings (SSSR count). The minimum atomic E-state index is -0.783. The number of rotatable bonds is 8. The van der Waals surface area contributed by atoms with Gasteiger partial charge in [-0.15, -0.1) is 11.3 Å². The van der Waals surface area contributed by atoms with Gasteiger partial charge in [-0.25, -0.2) is 0 Å². The van der Waals surface area contributed by atoms with Gasteiger partial charge in [0.2, 0.25) is 5.91 Å². The zero-order chi connectivity index (χ0) is 15.3. The molecule has 20 heavy (non-hydrogen) atoms. The molecule has 8 heteroatoms. The molecular weight excluding hydrogens is 282 g/mol. The lowest BCUT2D eigenvalue weighted by molar-refractivity contribution is -0.383. The van der Waals surface area contributed by atoms with Crippen LogP contribution < -0.4 is 10.6 Å². The van der Waals surface area contributed by atoms with Crippen molar-refractivity contribution in [3.05, 3.63) is 21.1 Å². The first-order chi connectivity index (χ1) is 9.36. The summed E-state index contributed by atoms with van der Waals surface area (Å²) >= 11 is 1.12. The largest absolute Gasteiger partial charge is 0.388 e. The van der Waals surface area contributed by atoms with Crippen LogP contribution in [0.15, 0.2) is 6.07 Å². The monoisotopic (exact) mass is 301 g/mol. The number of aliphatic hydroxyl groups is 1. The Hall–Kier alpha value is -1.67. The van der Waals surface area contributed by atoms with Crippen LogP contribution in [-0.2, 0) is 4.79 Å². The number of thiophene rings is 1. The highest BCUT2D eigenvalue weighted by molar-refractivity contribution is 7.16. The normalized spacial score (nSPS) is 12.2. The van der Waals surface area contributed by atoms with Crippen molar-refractivity contribution in [2.75, 3.05) is 18.0 Å². The van der Waals surface area contributed by atoms with E-state index in [9.17, 15) is 20.0 Å². The quantitative estimate of drug-likeness (QED) is 0.562. The van der Waals surface area contributed by atoms with Crippen molar-refractivity contribution in [2.45, 2.75) is 32.8 Å². The van der Waals surface area contributed by atoms with E-state index in [1.54, 1.807) is 11.8 Å². The highest BCUT2D eigenvalue weighted by Gasteiger charge is 2.26. The third kappa shape index (κ3) is 4.17. The predicted octanol–water partition coefficient (Wildman–Crippen LogP) is 1.80. The van der Waals surface area contributed by atoms with Crippen LogP contribution in [0, 0.1) is 10.1 Å². The number of nitro groups is 1. The Morgan fingerprint density at radius 3 is 2.75 bits per heavy atom. The Morgan fingerprint density at radius 2 is 2.30 bits per heavy atom. The molecule has 0 bridgehead atoms. The van der Waals surface area contributed by atoms with E-state index in [1.807, 2.05) is 6.92 Å². The van der Waals surface area contributed by atoms with Crippen LogP contribution in [0.4, 0.5) is 10.7 Å². The molecule has 0 aliphatic heterocycles. The van der Waals surface area contributed by atoms with E-state index in [2.05, 4.69) is 0 Å². The summed E-state index contributed by atoms with van der Waals surface area (Å²) in [7, 11) is 0. The number of amides is 1. The first-order valence-electron chi connectivity index (χ1n) is 6.36. The van der Waals surface area contributed by atoms with Crippen molar-refractivity contribution >= 4 is 27.9 Å². The molecule has 0 aliphatic rings. The number of hydrogen-bond donors (Lipinski definition) is 2. The Balaban J connectivity index is 3.15. The van der Waals surface area contributed by atoms with Gasteiger partial charge in [-0.1, -0.05) is 13.3 Å². The summed E-state index contributed by atoms with van der Waals surface area (Å²) in [5.41, 5.74) is 5.11. The Morgan fingerprint density at radius 1 is 1.65 bits per heavy atom. The van der Waals surface area contributed by atoms with Crippen LogP contribution in [0.1, 0.15) is 37.7 Å². The molecule has 0 radical (unpaired) electrons. The Bertz CT molecular complexity index is 487. The number of nitrogens with two attached hydrogens (primary N) is 1. The van der Waals surface area contributed by atoms with E-state index in [0.29, 0.717) is 16.4 Å². The minimum absolute atomic E-state index is 0.0688. The molecule has 0 saturated heterocycles. The maximum atomic E-state index is 11.1. The second-order valence-electron chi connectivity index (χ2n) is 4.51. The van der Waals surface area contributed by atoms with Crippen molar-refractivity contribution < 1.29 is 14.8 Å². The number of nitrogens with zero attached hydrogens (tertiary/aromatic N) is 2. The number of unbranched alkanes of at least 4 members (excludes halogenated alkanes) is 1. The molecule has 1 aromatic heterocycles. The second kappa shape index (κ2) is 7.20. The lowest BCUT2D eigenvalue weighted by Crippen LogP contribution is -2.34. The fourth-order valence-corrected chi connectivity index (χ4v) is 2.83. The summed E-state index contributed by atoms with van der Waals surface area (Å²) in [5.74, 6) is -0.539. The maximum absolute atomic E-state index is 11.1. The molecule has 0 aliphatic carbocycles. The van der Waals surface area contributed by atoms with Crippen molar-refractivity contribution in [1.82, 2.24) is 0 Å². The first-order valence-corrected chi connectivity index (χ1v) is 7.17. The number of primary amides is 1. The molecule has 0 spiro atoms. The van der Waals surface area contributed by atoms with Crippen molar-refractivity contribution in [3.63, 3.8) is 0 Å². The Labute approximate surface area is 121 Å².